The van der Waals surface area contributed by atoms with E-state index in [9.17, 15) is 5.11 Å². The van der Waals surface area contributed by atoms with Crippen molar-refractivity contribution in [1.82, 2.24) is 0 Å². The van der Waals surface area contributed by atoms with E-state index in [4.69, 9.17) is 5.21 Å². The van der Waals surface area contributed by atoms with Gasteiger partial charge in [0.25, 0.3) is 0 Å². The third kappa shape index (κ3) is 1.95. The molecule has 0 amide bonds. The summed E-state index contributed by atoms with van der Waals surface area (Å²) in [6.45, 7) is 4.80. The molecule has 0 spiro atoms. The summed E-state index contributed by atoms with van der Waals surface area (Å²) in [5, 5.41) is 24.2. The standard InChI is InChI=1S/C20H33NO2/c1-18-10-4-3-5-14(18)6-7-17-16(18)9-11-19(2)15(13-21-23)8-12-20(17,19)22/h13-17,22-23H,3-12H2,1-2H3/t14?,15?,16-,17-,18+,19-,20-/m1/s1. The molecule has 0 aromatic rings. The van der Waals surface area contributed by atoms with Crippen molar-refractivity contribution < 1.29 is 10.3 Å². The minimum Gasteiger partial charge on any atom is -0.411 e. The van der Waals surface area contributed by atoms with Crippen LogP contribution < -0.4 is 0 Å². The van der Waals surface area contributed by atoms with E-state index >= 15 is 0 Å². The quantitative estimate of drug-likeness (QED) is 0.421. The van der Waals surface area contributed by atoms with E-state index in [1.54, 1.807) is 6.21 Å². The Labute approximate surface area is 140 Å². The van der Waals surface area contributed by atoms with Crippen LogP contribution >= 0.6 is 0 Å². The monoisotopic (exact) mass is 319 g/mol. The molecule has 0 aromatic heterocycles. The molecule has 4 rings (SSSR count). The molecule has 0 aliphatic heterocycles. The molecule has 0 radical (unpaired) electrons. The van der Waals surface area contributed by atoms with Crippen LogP contribution in [0.3, 0.4) is 0 Å². The molecule has 130 valence electrons. The lowest BCUT2D eigenvalue weighted by Gasteiger charge is -2.63. The fraction of sp³-hybridized carbons (Fsp3) is 0.950. The van der Waals surface area contributed by atoms with Gasteiger partial charge in [0.1, 0.15) is 0 Å². The van der Waals surface area contributed by atoms with E-state index in [0.717, 1.165) is 25.2 Å². The van der Waals surface area contributed by atoms with Crippen molar-refractivity contribution in [2.24, 2.45) is 39.7 Å². The molecule has 2 N–H and O–H groups in total. The number of hydrogen-bond acceptors (Lipinski definition) is 3. The molecule has 4 saturated carbocycles. The second kappa shape index (κ2) is 5.21. The van der Waals surface area contributed by atoms with Crippen LogP contribution in [0.2, 0.25) is 0 Å². The van der Waals surface area contributed by atoms with Crippen molar-refractivity contribution in [3.63, 3.8) is 0 Å². The zero-order chi connectivity index (χ0) is 16.3. The number of fused-ring (bicyclic) bond motifs is 5. The predicted octanol–water partition coefficient (Wildman–Crippen LogP) is 4.61. The highest BCUT2D eigenvalue weighted by atomic mass is 16.4. The van der Waals surface area contributed by atoms with Crippen LogP contribution in [0.25, 0.3) is 0 Å². The van der Waals surface area contributed by atoms with Gasteiger partial charge >= 0.3 is 0 Å². The molecule has 23 heavy (non-hydrogen) atoms. The molecule has 0 bridgehead atoms. The van der Waals surface area contributed by atoms with E-state index < -0.39 is 5.60 Å². The first kappa shape index (κ1) is 15.9. The molecule has 3 heteroatoms. The van der Waals surface area contributed by atoms with Gasteiger partial charge in [-0.3, -0.25) is 0 Å². The lowest BCUT2D eigenvalue weighted by molar-refractivity contribution is -0.201. The first-order valence-corrected chi connectivity index (χ1v) is 9.86. The summed E-state index contributed by atoms with van der Waals surface area (Å²) in [6, 6.07) is 0. The Bertz CT molecular complexity index is 506. The fourth-order valence-electron chi connectivity index (χ4n) is 7.62. The summed E-state index contributed by atoms with van der Waals surface area (Å²) in [4.78, 5) is 0. The topological polar surface area (TPSA) is 52.8 Å². The van der Waals surface area contributed by atoms with Gasteiger partial charge in [-0.25, -0.2) is 0 Å². The number of aliphatic hydroxyl groups is 1. The van der Waals surface area contributed by atoms with Crippen LogP contribution in [0.4, 0.5) is 0 Å². The second-order valence-corrected chi connectivity index (χ2v) is 9.53. The van der Waals surface area contributed by atoms with Gasteiger partial charge in [-0.1, -0.05) is 26.7 Å². The van der Waals surface area contributed by atoms with Crippen LogP contribution in [0, 0.1) is 34.5 Å². The highest BCUT2D eigenvalue weighted by Crippen LogP contribution is 2.68. The lowest BCUT2D eigenvalue weighted by Crippen LogP contribution is -2.61. The Hall–Kier alpha value is -0.570. The van der Waals surface area contributed by atoms with E-state index in [1.165, 1.54) is 44.9 Å². The van der Waals surface area contributed by atoms with Crippen molar-refractivity contribution >= 4 is 6.21 Å². The Kier molecular flexibility index (Phi) is 3.61. The molecule has 0 saturated heterocycles. The molecule has 2 unspecified atom stereocenters. The SMILES string of the molecule is C[C@]12CCCCC1CC[C@@H]1[C@H]2CC[C@]2(C)C(C=NO)CC[C@@]12O. The van der Waals surface area contributed by atoms with Gasteiger partial charge < -0.3 is 10.3 Å². The third-order valence-corrected chi connectivity index (χ3v) is 9.09. The normalized spacial score (nSPS) is 56.1. The van der Waals surface area contributed by atoms with E-state index in [1.807, 2.05) is 0 Å². The van der Waals surface area contributed by atoms with Crippen molar-refractivity contribution in [1.29, 1.82) is 0 Å². The highest BCUT2D eigenvalue weighted by Gasteiger charge is 2.66. The molecule has 0 aromatic carbocycles. The van der Waals surface area contributed by atoms with Crippen molar-refractivity contribution in [3.8, 4) is 0 Å². The summed E-state index contributed by atoms with van der Waals surface area (Å²) in [5.41, 5.74) is -0.188. The van der Waals surface area contributed by atoms with E-state index in [0.29, 0.717) is 17.3 Å². The summed E-state index contributed by atoms with van der Waals surface area (Å²) in [7, 11) is 0. The van der Waals surface area contributed by atoms with E-state index in [-0.39, 0.29) is 11.3 Å². The predicted molar refractivity (Wildman–Crippen MR) is 91.6 cm³/mol. The van der Waals surface area contributed by atoms with Gasteiger partial charge in [-0.2, -0.15) is 0 Å². The molecule has 7 atom stereocenters. The van der Waals surface area contributed by atoms with Crippen LogP contribution in [-0.2, 0) is 0 Å². The Morgan fingerprint density at radius 1 is 0.913 bits per heavy atom. The number of nitrogens with zero attached hydrogens (tertiary/aromatic N) is 1. The highest BCUT2D eigenvalue weighted by molar-refractivity contribution is 5.62. The molecule has 0 heterocycles. The van der Waals surface area contributed by atoms with Crippen LogP contribution in [0.15, 0.2) is 5.16 Å². The van der Waals surface area contributed by atoms with Gasteiger partial charge in [-0.05, 0) is 74.5 Å². The Balaban J connectivity index is 1.68. The lowest BCUT2D eigenvalue weighted by atomic mass is 9.43. The molecule has 3 nitrogen and oxygen atoms in total. The number of rotatable bonds is 1. The van der Waals surface area contributed by atoms with Crippen molar-refractivity contribution in [3.05, 3.63) is 0 Å². The maximum atomic E-state index is 11.8. The summed E-state index contributed by atoms with van der Waals surface area (Å²) in [6.07, 6.45) is 14.0. The molecule has 4 fully saturated rings. The Morgan fingerprint density at radius 3 is 2.52 bits per heavy atom. The minimum absolute atomic E-state index is 0.0989. The molecule has 4 aliphatic rings. The van der Waals surface area contributed by atoms with Crippen LogP contribution in [0.5, 0.6) is 0 Å². The van der Waals surface area contributed by atoms with Crippen LogP contribution in [0.1, 0.15) is 78.1 Å². The first-order chi connectivity index (χ1) is 11.0. The number of hydrogen-bond donors (Lipinski definition) is 2. The molecular formula is C20H33NO2. The van der Waals surface area contributed by atoms with Gasteiger partial charge in [0.05, 0.1) is 5.60 Å². The van der Waals surface area contributed by atoms with Crippen molar-refractivity contribution in [2.75, 3.05) is 0 Å². The fourth-order valence-corrected chi connectivity index (χ4v) is 7.62. The maximum absolute atomic E-state index is 11.8. The minimum atomic E-state index is -0.548. The largest absolute Gasteiger partial charge is 0.411 e. The average molecular weight is 319 g/mol. The van der Waals surface area contributed by atoms with Gasteiger partial charge in [-0.15, -0.1) is 5.16 Å². The summed E-state index contributed by atoms with van der Waals surface area (Å²) >= 11 is 0. The van der Waals surface area contributed by atoms with Crippen molar-refractivity contribution in [2.45, 2.75) is 83.7 Å². The summed E-state index contributed by atoms with van der Waals surface area (Å²) < 4.78 is 0. The van der Waals surface area contributed by atoms with Gasteiger partial charge in [0.2, 0.25) is 0 Å². The van der Waals surface area contributed by atoms with Crippen LogP contribution in [-0.4, -0.2) is 22.1 Å². The average Bonchev–Trinajstić information content (AvgIpc) is 2.80. The third-order valence-electron chi connectivity index (χ3n) is 9.09. The Morgan fingerprint density at radius 2 is 1.74 bits per heavy atom. The zero-order valence-corrected chi connectivity index (χ0v) is 14.8. The zero-order valence-electron chi connectivity index (χ0n) is 14.8. The first-order valence-electron chi connectivity index (χ1n) is 9.86. The summed E-state index contributed by atoms with van der Waals surface area (Å²) in [5.74, 6) is 2.28. The maximum Gasteiger partial charge on any atom is 0.0738 e. The smallest absolute Gasteiger partial charge is 0.0738 e. The van der Waals surface area contributed by atoms with Gasteiger partial charge in [0, 0.05) is 17.5 Å². The number of oxime groups is 1. The second-order valence-electron chi connectivity index (χ2n) is 9.53. The molecular weight excluding hydrogens is 286 g/mol. The van der Waals surface area contributed by atoms with E-state index in [2.05, 4.69) is 19.0 Å². The molecule has 4 aliphatic carbocycles. The van der Waals surface area contributed by atoms with Gasteiger partial charge in [0.15, 0.2) is 0 Å².